The first-order chi connectivity index (χ1) is 16.1. The molecule has 1 aromatic heterocycles. The molecule has 6 nitrogen and oxygen atoms in total. The number of carbonyl (C=O) groups is 2. The van der Waals surface area contributed by atoms with Crippen molar-refractivity contribution in [2.75, 3.05) is 10.2 Å². The molecule has 3 aromatic carbocycles. The second kappa shape index (κ2) is 7.72. The molecule has 0 atom stereocenters. The van der Waals surface area contributed by atoms with Crippen LogP contribution < -0.4 is 10.2 Å². The molecule has 1 aliphatic heterocycles. The molecule has 0 aliphatic carbocycles. The van der Waals surface area contributed by atoms with Crippen molar-refractivity contribution in [2.45, 2.75) is 25.8 Å². The molecule has 0 unspecified atom stereocenters. The summed E-state index contributed by atoms with van der Waals surface area (Å²) in [7, 11) is 0. The first-order valence-electron chi connectivity index (χ1n) is 10.5. The number of halogens is 3. The standard InChI is InChI=1S/C25H19F3N4O2/c1-25(2)18-5-3-14(22(33)31-24-29-19-6-4-15(26)11-20(19)30-24)9-21(18)32(23(25)34)12-13-7-16(27)10-17(28)8-13/h3-11H,12H2,1-2H3,(H2,29,30,31,33). The average molecular weight is 464 g/mol. The number of nitrogens with one attached hydrogen (secondary N) is 2. The number of amides is 2. The van der Waals surface area contributed by atoms with Crippen LogP contribution in [0.15, 0.2) is 54.6 Å². The quantitative estimate of drug-likeness (QED) is 0.443. The van der Waals surface area contributed by atoms with Gasteiger partial charge in [-0.1, -0.05) is 6.07 Å². The molecule has 4 aromatic rings. The van der Waals surface area contributed by atoms with Gasteiger partial charge in [0.15, 0.2) is 0 Å². The van der Waals surface area contributed by atoms with Crippen LogP contribution in [-0.4, -0.2) is 21.8 Å². The second-order valence-corrected chi connectivity index (χ2v) is 8.73. The normalized spacial score (nSPS) is 14.5. The SMILES string of the molecule is CC1(C)C(=O)N(Cc2cc(F)cc(F)c2)c2cc(C(=O)Nc3nc4ccc(F)cc4[nH]3)ccc21. The predicted octanol–water partition coefficient (Wildman–Crippen LogP) is 5.06. The Labute approximate surface area is 192 Å². The van der Waals surface area contributed by atoms with Gasteiger partial charge in [0, 0.05) is 17.3 Å². The number of benzene rings is 3. The van der Waals surface area contributed by atoms with E-state index in [1.807, 2.05) is 0 Å². The van der Waals surface area contributed by atoms with Gasteiger partial charge in [-0.15, -0.1) is 0 Å². The molecule has 5 rings (SSSR count). The first kappa shape index (κ1) is 21.7. The average Bonchev–Trinajstić information content (AvgIpc) is 3.24. The van der Waals surface area contributed by atoms with Crippen molar-refractivity contribution in [3.63, 3.8) is 0 Å². The zero-order valence-electron chi connectivity index (χ0n) is 18.2. The van der Waals surface area contributed by atoms with Crippen LogP contribution in [0, 0.1) is 17.5 Å². The van der Waals surface area contributed by atoms with E-state index in [4.69, 9.17) is 0 Å². The number of hydrogen-bond donors (Lipinski definition) is 2. The minimum absolute atomic E-state index is 0.0514. The molecule has 0 saturated carbocycles. The topological polar surface area (TPSA) is 78.1 Å². The monoisotopic (exact) mass is 464 g/mol. The maximum atomic E-state index is 13.7. The third-order valence-corrected chi connectivity index (χ3v) is 5.94. The highest BCUT2D eigenvalue weighted by Crippen LogP contribution is 2.42. The number of nitrogens with zero attached hydrogens (tertiary/aromatic N) is 2. The van der Waals surface area contributed by atoms with E-state index in [1.165, 1.54) is 35.2 Å². The summed E-state index contributed by atoms with van der Waals surface area (Å²) in [6.45, 7) is 3.46. The minimum Gasteiger partial charge on any atom is -0.324 e. The van der Waals surface area contributed by atoms with Crippen molar-refractivity contribution in [1.29, 1.82) is 0 Å². The van der Waals surface area contributed by atoms with Crippen LogP contribution in [0.3, 0.4) is 0 Å². The summed E-state index contributed by atoms with van der Waals surface area (Å²) in [5, 5.41) is 2.64. The largest absolute Gasteiger partial charge is 0.324 e. The fourth-order valence-corrected chi connectivity index (χ4v) is 4.25. The molecule has 2 amide bonds. The maximum absolute atomic E-state index is 13.7. The Bertz CT molecular complexity index is 1460. The Morgan fingerprint density at radius 3 is 2.47 bits per heavy atom. The van der Waals surface area contributed by atoms with Gasteiger partial charge in [-0.05, 0) is 67.4 Å². The molecule has 0 radical (unpaired) electrons. The third kappa shape index (κ3) is 3.68. The summed E-state index contributed by atoms with van der Waals surface area (Å²) >= 11 is 0. The molecular formula is C25H19F3N4O2. The first-order valence-corrected chi connectivity index (χ1v) is 10.5. The number of hydrogen-bond acceptors (Lipinski definition) is 3. The molecule has 0 bridgehead atoms. The molecule has 0 fully saturated rings. The zero-order valence-corrected chi connectivity index (χ0v) is 18.2. The number of H-pyrrole nitrogens is 1. The van der Waals surface area contributed by atoms with E-state index in [1.54, 1.807) is 32.0 Å². The lowest BCUT2D eigenvalue weighted by Gasteiger charge is -2.20. The third-order valence-electron chi connectivity index (χ3n) is 5.94. The van der Waals surface area contributed by atoms with Gasteiger partial charge < -0.3 is 9.88 Å². The molecule has 0 spiro atoms. The molecule has 34 heavy (non-hydrogen) atoms. The predicted molar refractivity (Wildman–Crippen MR) is 121 cm³/mol. The molecule has 9 heteroatoms. The summed E-state index contributed by atoms with van der Waals surface area (Å²) in [6, 6.07) is 12.0. The van der Waals surface area contributed by atoms with Crippen molar-refractivity contribution in [1.82, 2.24) is 9.97 Å². The number of carbonyl (C=O) groups excluding carboxylic acids is 2. The summed E-state index contributed by atoms with van der Waals surface area (Å²) in [5.41, 5.74) is 1.78. The highest BCUT2D eigenvalue weighted by molar-refractivity contribution is 6.10. The van der Waals surface area contributed by atoms with Crippen LogP contribution in [0.5, 0.6) is 0 Å². The molecule has 172 valence electrons. The van der Waals surface area contributed by atoms with Gasteiger partial charge in [0.05, 0.1) is 23.0 Å². The van der Waals surface area contributed by atoms with Gasteiger partial charge in [0.1, 0.15) is 17.5 Å². The van der Waals surface area contributed by atoms with Crippen molar-refractivity contribution in [3.05, 3.63) is 88.7 Å². The number of fused-ring (bicyclic) bond motifs is 2. The number of imidazole rings is 1. The lowest BCUT2D eigenvalue weighted by atomic mass is 9.86. The summed E-state index contributed by atoms with van der Waals surface area (Å²) < 4.78 is 40.8. The Balaban J connectivity index is 1.46. The Morgan fingerprint density at radius 2 is 1.74 bits per heavy atom. The van der Waals surface area contributed by atoms with Crippen molar-refractivity contribution >= 4 is 34.5 Å². The summed E-state index contributed by atoms with van der Waals surface area (Å²) in [4.78, 5) is 34.5. The molecule has 0 saturated heterocycles. The fraction of sp³-hybridized carbons (Fsp3) is 0.160. The van der Waals surface area contributed by atoms with Gasteiger partial charge in [-0.3, -0.25) is 14.9 Å². The Hall–Kier alpha value is -4.14. The van der Waals surface area contributed by atoms with Crippen molar-refractivity contribution < 1.29 is 22.8 Å². The van der Waals surface area contributed by atoms with Crippen LogP contribution in [0.1, 0.15) is 35.3 Å². The molecule has 1 aliphatic rings. The van der Waals surface area contributed by atoms with Crippen LogP contribution in [0.2, 0.25) is 0 Å². The van der Waals surface area contributed by atoms with Crippen LogP contribution >= 0.6 is 0 Å². The van der Waals surface area contributed by atoms with Gasteiger partial charge in [0.25, 0.3) is 5.91 Å². The van der Waals surface area contributed by atoms with E-state index >= 15 is 0 Å². The smallest absolute Gasteiger partial charge is 0.258 e. The van der Waals surface area contributed by atoms with E-state index < -0.39 is 28.8 Å². The number of rotatable bonds is 4. The number of anilines is 2. The van der Waals surface area contributed by atoms with Gasteiger partial charge >= 0.3 is 0 Å². The van der Waals surface area contributed by atoms with Crippen LogP contribution in [-0.2, 0) is 16.8 Å². The summed E-state index contributed by atoms with van der Waals surface area (Å²) in [5.74, 6) is -2.49. The Kier molecular flexibility index (Phi) is 4.93. The van der Waals surface area contributed by atoms with E-state index in [-0.39, 0.29) is 24.0 Å². The number of aromatic amines is 1. The van der Waals surface area contributed by atoms with E-state index in [0.29, 0.717) is 27.8 Å². The highest BCUT2D eigenvalue weighted by Gasteiger charge is 2.44. The maximum Gasteiger partial charge on any atom is 0.258 e. The molecule has 2 N–H and O–H groups in total. The van der Waals surface area contributed by atoms with Crippen LogP contribution in [0.25, 0.3) is 11.0 Å². The molecular weight excluding hydrogens is 445 g/mol. The van der Waals surface area contributed by atoms with Gasteiger partial charge in [-0.25, -0.2) is 18.2 Å². The van der Waals surface area contributed by atoms with Crippen LogP contribution in [0.4, 0.5) is 24.8 Å². The second-order valence-electron chi connectivity index (χ2n) is 8.73. The van der Waals surface area contributed by atoms with E-state index in [0.717, 1.165) is 6.07 Å². The lowest BCUT2D eigenvalue weighted by molar-refractivity contribution is -0.122. The molecule has 2 heterocycles. The lowest BCUT2D eigenvalue weighted by Crippen LogP contribution is -2.35. The highest BCUT2D eigenvalue weighted by atomic mass is 19.1. The fourth-order valence-electron chi connectivity index (χ4n) is 4.25. The van der Waals surface area contributed by atoms with Crippen molar-refractivity contribution in [2.24, 2.45) is 0 Å². The number of aromatic nitrogens is 2. The van der Waals surface area contributed by atoms with E-state index in [9.17, 15) is 22.8 Å². The van der Waals surface area contributed by atoms with Gasteiger partial charge in [0.2, 0.25) is 11.9 Å². The minimum atomic E-state index is -0.876. The van der Waals surface area contributed by atoms with E-state index in [2.05, 4.69) is 15.3 Å². The van der Waals surface area contributed by atoms with Gasteiger partial charge in [-0.2, -0.15) is 0 Å². The Morgan fingerprint density at radius 1 is 1.00 bits per heavy atom. The van der Waals surface area contributed by atoms with Crippen molar-refractivity contribution in [3.8, 4) is 0 Å². The summed E-state index contributed by atoms with van der Waals surface area (Å²) in [6.07, 6.45) is 0. The zero-order chi connectivity index (χ0) is 24.2.